The highest BCUT2D eigenvalue weighted by molar-refractivity contribution is 5.10. The topological polar surface area (TPSA) is 63.2 Å². The number of aryl methyl sites for hydroxylation is 2. The maximum atomic E-state index is 5.06. The van der Waals surface area contributed by atoms with Crippen LogP contribution in [0.4, 0.5) is 0 Å². The van der Waals surface area contributed by atoms with E-state index in [4.69, 9.17) is 4.52 Å². The molecule has 0 aliphatic carbocycles. The van der Waals surface area contributed by atoms with Crippen molar-refractivity contribution in [2.75, 3.05) is 27.2 Å². The molecule has 7 heteroatoms. The molecule has 126 valence electrons. The van der Waals surface area contributed by atoms with Crippen molar-refractivity contribution in [2.24, 2.45) is 13.0 Å². The summed E-state index contributed by atoms with van der Waals surface area (Å²) >= 11 is 0. The number of hydrogen-bond donors (Lipinski definition) is 0. The molecular formula is C16H26N6O. The fraction of sp³-hybridized carbons (Fsp3) is 0.688. The molecule has 0 amide bonds. The summed E-state index contributed by atoms with van der Waals surface area (Å²) in [7, 11) is 6.37. The molecule has 3 heterocycles. The Morgan fingerprint density at radius 1 is 1.39 bits per heavy atom. The van der Waals surface area contributed by atoms with Gasteiger partial charge in [0.1, 0.15) is 0 Å². The van der Waals surface area contributed by atoms with E-state index in [0.29, 0.717) is 17.9 Å². The van der Waals surface area contributed by atoms with Crippen LogP contribution in [-0.2, 0) is 13.6 Å². The van der Waals surface area contributed by atoms with Crippen molar-refractivity contribution in [3.63, 3.8) is 0 Å². The van der Waals surface area contributed by atoms with Gasteiger partial charge in [0.25, 0.3) is 0 Å². The van der Waals surface area contributed by atoms with E-state index in [1.807, 2.05) is 24.9 Å². The molecule has 3 rings (SSSR count). The second kappa shape index (κ2) is 6.80. The average Bonchev–Trinajstić information content (AvgIpc) is 3.08. The molecule has 2 aromatic heterocycles. The van der Waals surface area contributed by atoms with Crippen molar-refractivity contribution >= 4 is 0 Å². The Hall–Kier alpha value is -1.73. The molecule has 23 heavy (non-hydrogen) atoms. The zero-order valence-corrected chi connectivity index (χ0v) is 14.4. The van der Waals surface area contributed by atoms with Crippen molar-refractivity contribution in [2.45, 2.75) is 32.4 Å². The van der Waals surface area contributed by atoms with Crippen LogP contribution >= 0.6 is 0 Å². The van der Waals surface area contributed by atoms with Crippen LogP contribution in [0.15, 0.2) is 16.8 Å². The number of hydrogen-bond acceptors (Lipinski definition) is 6. The summed E-state index contributed by atoms with van der Waals surface area (Å²) in [6, 6.07) is 2.55. The van der Waals surface area contributed by atoms with Crippen LogP contribution in [0.5, 0.6) is 0 Å². The quantitative estimate of drug-likeness (QED) is 0.835. The molecule has 1 saturated heterocycles. The molecule has 1 aliphatic rings. The van der Waals surface area contributed by atoms with Crippen LogP contribution < -0.4 is 0 Å². The molecule has 0 unspecified atom stereocenters. The SMILES string of the molecule is Cc1nc(CN(C)C[C@@H]2CCCN(C)[C@H]2c2ccnn2C)no1. The zero-order valence-electron chi connectivity index (χ0n) is 14.4. The van der Waals surface area contributed by atoms with E-state index in [0.717, 1.165) is 25.5 Å². The van der Waals surface area contributed by atoms with Gasteiger partial charge in [-0.25, -0.2) is 0 Å². The van der Waals surface area contributed by atoms with E-state index < -0.39 is 0 Å². The van der Waals surface area contributed by atoms with E-state index in [1.165, 1.54) is 18.5 Å². The minimum Gasteiger partial charge on any atom is -0.340 e. The molecule has 0 spiro atoms. The highest BCUT2D eigenvalue weighted by atomic mass is 16.5. The second-order valence-corrected chi connectivity index (χ2v) is 6.63. The number of likely N-dealkylation sites (tertiary alicyclic amines) is 1. The smallest absolute Gasteiger partial charge is 0.223 e. The lowest BCUT2D eigenvalue weighted by atomic mass is 9.87. The second-order valence-electron chi connectivity index (χ2n) is 6.63. The number of nitrogens with zero attached hydrogens (tertiary/aromatic N) is 6. The Labute approximate surface area is 137 Å². The van der Waals surface area contributed by atoms with Crippen LogP contribution in [0.3, 0.4) is 0 Å². The van der Waals surface area contributed by atoms with Gasteiger partial charge in [-0.1, -0.05) is 5.16 Å². The first kappa shape index (κ1) is 16.1. The highest BCUT2D eigenvalue weighted by Gasteiger charge is 2.33. The van der Waals surface area contributed by atoms with Gasteiger partial charge in [0.05, 0.1) is 18.3 Å². The molecule has 0 aromatic carbocycles. The van der Waals surface area contributed by atoms with E-state index in [9.17, 15) is 0 Å². The van der Waals surface area contributed by atoms with Crippen molar-refractivity contribution in [3.05, 3.63) is 29.7 Å². The Kier molecular flexibility index (Phi) is 4.77. The first-order valence-corrected chi connectivity index (χ1v) is 8.20. The van der Waals surface area contributed by atoms with Crippen LogP contribution in [0.1, 0.15) is 36.3 Å². The highest BCUT2D eigenvalue weighted by Crippen LogP contribution is 2.35. The fourth-order valence-corrected chi connectivity index (χ4v) is 3.70. The lowest BCUT2D eigenvalue weighted by Gasteiger charge is -2.40. The summed E-state index contributed by atoms with van der Waals surface area (Å²) in [4.78, 5) is 9.04. The maximum Gasteiger partial charge on any atom is 0.223 e. The predicted octanol–water partition coefficient (Wildman–Crippen LogP) is 1.63. The van der Waals surface area contributed by atoms with Gasteiger partial charge in [-0.05, 0) is 45.5 Å². The zero-order chi connectivity index (χ0) is 16.4. The third-order valence-electron chi connectivity index (χ3n) is 4.70. The summed E-state index contributed by atoms with van der Waals surface area (Å²) < 4.78 is 7.06. The van der Waals surface area contributed by atoms with Gasteiger partial charge in [0.2, 0.25) is 5.89 Å². The monoisotopic (exact) mass is 318 g/mol. The third kappa shape index (κ3) is 3.61. The average molecular weight is 318 g/mol. The molecule has 0 saturated carbocycles. The van der Waals surface area contributed by atoms with Crippen molar-refractivity contribution in [3.8, 4) is 0 Å². The molecular weight excluding hydrogens is 292 g/mol. The van der Waals surface area contributed by atoms with E-state index in [1.54, 1.807) is 0 Å². The first-order valence-electron chi connectivity index (χ1n) is 8.20. The van der Waals surface area contributed by atoms with Gasteiger partial charge in [0.15, 0.2) is 5.82 Å². The van der Waals surface area contributed by atoms with Crippen molar-refractivity contribution in [1.82, 2.24) is 29.7 Å². The fourth-order valence-electron chi connectivity index (χ4n) is 3.70. The Balaban J connectivity index is 1.70. The summed E-state index contributed by atoms with van der Waals surface area (Å²) in [5.74, 6) is 1.95. The van der Waals surface area contributed by atoms with Crippen LogP contribution in [0.2, 0.25) is 0 Å². The number of piperidine rings is 1. The molecule has 7 nitrogen and oxygen atoms in total. The summed E-state index contributed by atoms with van der Waals surface area (Å²) in [5.41, 5.74) is 1.29. The van der Waals surface area contributed by atoms with Gasteiger partial charge < -0.3 is 4.52 Å². The van der Waals surface area contributed by atoms with Crippen LogP contribution in [0.25, 0.3) is 0 Å². The minimum atomic E-state index is 0.408. The van der Waals surface area contributed by atoms with Gasteiger partial charge >= 0.3 is 0 Å². The van der Waals surface area contributed by atoms with Crippen LogP contribution in [-0.4, -0.2) is 56.9 Å². The molecule has 0 bridgehead atoms. The largest absolute Gasteiger partial charge is 0.340 e. The van der Waals surface area contributed by atoms with Crippen LogP contribution in [0, 0.1) is 12.8 Å². The normalized spacial score (nSPS) is 22.8. The molecule has 1 aliphatic heterocycles. The minimum absolute atomic E-state index is 0.408. The number of aromatic nitrogens is 4. The van der Waals surface area contributed by atoms with E-state index >= 15 is 0 Å². The van der Waals surface area contributed by atoms with Gasteiger partial charge in [0, 0.05) is 26.7 Å². The van der Waals surface area contributed by atoms with E-state index in [2.05, 4.69) is 45.2 Å². The van der Waals surface area contributed by atoms with Gasteiger partial charge in [-0.3, -0.25) is 14.5 Å². The van der Waals surface area contributed by atoms with E-state index in [-0.39, 0.29) is 0 Å². The van der Waals surface area contributed by atoms with Crippen molar-refractivity contribution in [1.29, 1.82) is 0 Å². The van der Waals surface area contributed by atoms with Gasteiger partial charge in [-0.2, -0.15) is 10.1 Å². The summed E-state index contributed by atoms with van der Waals surface area (Å²) in [6.45, 7) is 4.69. The lowest BCUT2D eigenvalue weighted by Crippen LogP contribution is -2.41. The lowest BCUT2D eigenvalue weighted by molar-refractivity contribution is 0.0864. The van der Waals surface area contributed by atoms with Gasteiger partial charge in [-0.15, -0.1) is 0 Å². The first-order chi connectivity index (χ1) is 11.0. The Bertz CT molecular complexity index is 636. The summed E-state index contributed by atoms with van der Waals surface area (Å²) in [5, 5.41) is 8.35. The Morgan fingerprint density at radius 2 is 2.22 bits per heavy atom. The third-order valence-corrected chi connectivity index (χ3v) is 4.70. The predicted molar refractivity (Wildman–Crippen MR) is 86.7 cm³/mol. The summed E-state index contributed by atoms with van der Waals surface area (Å²) in [6.07, 6.45) is 4.36. The Morgan fingerprint density at radius 3 is 2.87 bits per heavy atom. The molecule has 0 N–H and O–H groups in total. The molecule has 2 atom stereocenters. The molecule has 2 aromatic rings. The maximum absolute atomic E-state index is 5.06. The molecule has 0 radical (unpaired) electrons. The molecule has 1 fully saturated rings. The number of rotatable bonds is 5. The van der Waals surface area contributed by atoms with Crippen molar-refractivity contribution < 1.29 is 4.52 Å². The standard InChI is InChI=1S/C16H26N6O/c1-12-18-15(19-23-12)11-20(2)10-13-6-5-9-21(3)16(13)14-7-8-17-22(14)4/h7-8,13,16H,5-6,9-11H2,1-4H3/t13-,16+/m0/s1.